The van der Waals surface area contributed by atoms with E-state index in [-0.39, 0.29) is 12.1 Å². The predicted molar refractivity (Wildman–Crippen MR) is 87.2 cm³/mol. The molecule has 2 aromatic rings. The zero-order valence-electron chi connectivity index (χ0n) is 12.1. The van der Waals surface area contributed by atoms with Gasteiger partial charge in [-0.2, -0.15) is 0 Å². The lowest BCUT2D eigenvalue weighted by Crippen LogP contribution is -2.31. The lowest BCUT2D eigenvalue weighted by atomic mass is 10.1. The fourth-order valence-electron chi connectivity index (χ4n) is 2.76. The number of hydrogen-bond donors (Lipinski definition) is 0. The highest BCUT2D eigenvalue weighted by Crippen LogP contribution is 2.35. The smallest absolute Gasteiger partial charge is 0.410 e. The van der Waals surface area contributed by atoms with Gasteiger partial charge in [-0.25, -0.2) is 9.78 Å². The van der Waals surface area contributed by atoms with Crippen LogP contribution in [0.4, 0.5) is 4.79 Å². The number of ether oxygens (including phenoxy) is 1. The van der Waals surface area contributed by atoms with E-state index in [4.69, 9.17) is 4.74 Å². The van der Waals surface area contributed by atoms with Crippen LogP contribution in [-0.2, 0) is 11.3 Å². The number of carbonyl (C=O) groups excluding carboxylic acids is 1. The van der Waals surface area contributed by atoms with Crippen molar-refractivity contribution < 1.29 is 9.53 Å². The minimum atomic E-state index is -0.262. The summed E-state index contributed by atoms with van der Waals surface area (Å²) in [4.78, 5) is 18.4. The molecular formula is C17H17BrN2O2. The third-order valence-electron chi connectivity index (χ3n) is 3.84. The van der Waals surface area contributed by atoms with Gasteiger partial charge in [0.05, 0.1) is 6.04 Å². The molecule has 5 heteroatoms. The molecule has 1 fully saturated rings. The Kier molecular flexibility index (Phi) is 4.73. The summed E-state index contributed by atoms with van der Waals surface area (Å²) < 4.78 is 6.25. The van der Waals surface area contributed by atoms with Gasteiger partial charge in [0, 0.05) is 18.3 Å². The first-order valence-corrected chi connectivity index (χ1v) is 8.13. The number of aromatic nitrogens is 1. The van der Waals surface area contributed by atoms with Gasteiger partial charge in [-0.3, -0.25) is 0 Å². The normalized spacial score (nSPS) is 17.5. The van der Waals surface area contributed by atoms with Crippen LogP contribution in [0.25, 0.3) is 0 Å². The molecule has 0 unspecified atom stereocenters. The molecular weight excluding hydrogens is 344 g/mol. The van der Waals surface area contributed by atoms with Crippen LogP contribution >= 0.6 is 15.9 Å². The van der Waals surface area contributed by atoms with Gasteiger partial charge in [-0.15, -0.1) is 0 Å². The Balaban J connectivity index is 1.68. The predicted octanol–water partition coefficient (Wildman–Crippen LogP) is 4.32. The topological polar surface area (TPSA) is 42.4 Å². The van der Waals surface area contributed by atoms with Gasteiger partial charge < -0.3 is 9.64 Å². The van der Waals surface area contributed by atoms with E-state index < -0.39 is 0 Å². The second-order valence-corrected chi connectivity index (χ2v) is 6.03. The summed E-state index contributed by atoms with van der Waals surface area (Å²) in [6, 6.07) is 13.7. The summed E-state index contributed by atoms with van der Waals surface area (Å²) in [7, 11) is 0. The van der Waals surface area contributed by atoms with Crippen molar-refractivity contribution in [3.8, 4) is 0 Å². The van der Waals surface area contributed by atoms with E-state index in [0.717, 1.165) is 35.1 Å². The summed E-state index contributed by atoms with van der Waals surface area (Å²) in [6.07, 6.45) is 3.39. The van der Waals surface area contributed by atoms with E-state index in [1.54, 1.807) is 11.1 Å². The molecule has 22 heavy (non-hydrogen) atoms. The van der Waals surface area contributed by atoms with Crippen molar-refractivity contribution in [2.75, 3.05) is 6.54 Å². The molecule has 0 N–H and O–H groups in total. The SMILES string of the molecule is O=C(OCc1ccccc1)N1CCC[C@@H]1c1cccnc1Br. The molecule has 1 amide bonds. The Bertz CT molecular complexity index is 648. The zero-order valence-corrected chi connectivity index (χ0v) is 13.7. The zero-order chi connectivity index (χ0) is 15.4. The van der Waals surface area contributed by atoms with Crippen molar-refractivity contribution in [1.82, 2.24) is 9.88 Å². The largest absolute Gasteiger partial charge is 0.445 e. The highest BCUT2D eigenvalue weighted by molar-refractivity contribution is 9.10. The van der Waals surface area contributed by atoms with E-state index in [2.05, 4.69) is 20.9 Å². The van der Waals surface area contributed by atoms with Crippen molar-refractivity contribution in [2.45, 2.75) is 25.5 Å². The number of halogens is 1. The Morgan fingerprint density at radius 3 is 2.86 bits per heavy atom. The van der Waals surface area contributed by atoms with E-state index in [9.17, 15) is 4.79 Å². The number of benzene rings is 1. The fraction of sp³-hybridized carbons (Fsp3) is 0.294. The van der Waals surface area contributed by atoms with Gasteiger partial charge >= 0.3 is 6.09 Å². The molecule has 1 aliphatic rings. The summed E-state index contributed by atoms with van der Waals surface area (Å²) in [5.74, 6) is 0. The van der Waals surface area contributed by atoms with Gasteiger partial charge in [0.15, 0.2) is 0 Å². The van der Waals surface area contributed by atoms with E-state index in [1.165, 1.54) is 0 Å². The molecule has 0 aliphatic carbocycles. The summed E-state index contributed by atoms with van der Waals surface area (Å²) >= 11 is 3.47. The van der Waals surface area contributed by atoms with Crippen LogP contribution in [0.15, 0.2) is 53.3 Å². The van der Waals surface area contributed by atoms with E-state index in [1.807, 2.05) is 42.5 Å². The number of pyridine rings is 1. The first kappa shape index (κ1) is 15.0. The van der Waals surface area contributed by atoms with Gasteiger partial charge in [0.1, 0.15) is 11.2 Å². The monoisotopic (exact) mass is 360 g/mol. The van der Waals surface area contributed by atoms with Gasteiger partial charge in [-0.05, 0) is 40.4 Å². The Hall–Kier alpha value is -1.88. The lowest BCUT2D eigenvalue weighted by molar-refractivity contribution is 0.0919. The molecule has 0 bridgehead atoms. The maximum absolute atomic E-state index is 12.4. The molecule has 1 aromatic carbocycles. The van der Waals surface area contributed by atoms with Crippen LogP contribution < -0.4 is 0 Å². The minimum Gasteiger partial charge on any atom is -0.445 e. The van der Waals surface area contributed by atoms with Crippen LogP contribution in [-0.4, -0.2) is 22.5 Å². The molecule has 114 valence electrons. The van der Waals surface area contributed by atoms with Crippen LogP contribution in [0.3, 0.4) is 0 Å². The molecule has 0 saturated carbocycles. The van der Waals surface area contributed by atoms with Crippen molar-refractivity contribution in [3.05, 3.63) is 64.4 Å². The van der Waals surface area contributed by atoms with Gasteiger partial charge in [0.2, 0.25) is 0 Å². The number of likely N-dealkylation sites (tertiary alicyclic amines) is 1. The number of rotatable bonds is 3. The van der Waals surface area contributed by atoms with Crippen LogP contribution in [0, 0.1) is 0 Å². The molecule has 1 aromatic heterocycles. The van der Waals surface area contributed by atoms with Crippen LogP contribution in [0.2, 0.25) is 0 Å². The van der Waals surface area contributed by atoms with Gasteiger partial charge in [0.25, 0.3) is 0 Å². The molecule has 0 radical (unpaired) electrons. The average Bonchev–Trinajstić information content (AvgIpc) is 3.03. The number of hydrogen-bond acceptors (Lipinski definition) is 3. The van der Waals surface area contributed by atoms with Crippen LogP contribution in [0.1, 0.15) is 30.0 Å². The maximum Gasteiger partial charge on any atom is 0.410 e. The standard InChI is InChI=1S/C17H17BrN2O2/c18-16-14(8-4-10-19-16)15-9-5-11-20(15)17(21)22-12-13-6-2-1-3-7-13/h1-4,6-8,10,15H,5,9,11-12H2/t15-/m1/s1. The summed E-state index contributed by atoms with van der Waals surface area (Å²) in [6.45, 7) is 1.02. The van der Waals surface area contributed by atoms with Crippen molar-refractivity contribution in [3.63, 3.8) is 0 Å². The van der Waals surface area contributed by atoms with Crippen molar-refractivity contribution >= 4 is 22.0 Å². The first-order chi connectivity index (χ1) is 10.8. The second kappa shape index (κ2) is 6.92. The number of nitrogens with zero attached hydrogens (tertiary/aromatic N) is 2. The Morgan fingerprint density at radius 2 is 2.09 bits per heavy atom. The molecule has 2 heterocycles. The third kappa shape index (κ3) is 3.30. The Labute approximate surface area is 138 Å². The third-order valence-corrected chi connectivity index (χ3v) is 4.50. The molecule has 3 rings (SSSR count). The minimum absolute atomic E-state index is 0.0337. The Morgan fingerprint density at radius 1 is 1.27 bits per heavy atom. The average molecular weight is 361 g/mol. The molecule has 1 aliphatic heterocycles. The number of amides is 1. The van der Waals surface area contributed by atoms with Crippen LogP contribution in [0.5, 0.6) is 0 Å². The molecule has 4 nitrogen and oxygen atoms in total. The first-order valence-electron chi connectivity index (χ1n) is 7.33. The van der Waals surface area contributed by atoms with E-state index >= 15 is 0 Å². The lowest BCUT2D eigenvalue weighted by Gasteiger charge is -2.24. The summed E-state index contributed by atoms with van der Waals surface area (Å²) in [5, 5.41) is 0. The molecule has 1 saturated heterocycles. The summed E-state index contributed by atoms with van der Waals surface area (Å²) in [5.41, 5.74) is 2.03. The molecule has 0 spiro atoms. The van der Waals surface area contributed by atoms with Crippen molar-refractivity contribution in [1.29, 1.82) is 0 Å². The second-order valence-electron chi connectivity index (χ2n) is 5.28. The highest BCUT2D eigenvalue weighted by atomic mass is 79.9. The molecule has 1 atom stereocenters. The number of carbonyl (C=O) groups is 1. The quantitative estimate of drug-likeness (QED) is 0.765. The van der Waals surface area contributed by atoms with E-state index in [0.29, 0.717) is 6.61 Å². The fourth-order valence-corrected chi connectivity index (χ4v) is 3.27. The highest BCUT2D eigenvalue weighted by Gasteiger charge is 2.32. The van der Waals surface area contributed by atoms with Crippen molar-refractivity contribution in [2.24, 2.45) is 0 Å². The maximum atomic E-state index is 12.4. The van der Waals surface area contributed by atoms with Gasteiger partial charge in [-0.1, -0.05) is 36.4 Å².